The molecule has 0 saturated heterocycles. The van der Waals surface area contributed by atoms with Gasteiger partial charge in [-0.25, -0.2) is 8.42 Å². The van der Waals surface area contributed by atoms with Crippen LogP contribution >= 0.6 is 0 Å². The second-order valence-electron chi connectivity index (χ2n) is 6.89. The van der Waals surface area contributed by atoms with Gasteiger partial charge in [0.2, 0.25) is 11.8 Å². The van der Waals surface area contributed by atoms with Gasteiger partial charge >= 0.3 is 0 Å². The van der Waals surface area contributed by atoms with Gasteiger partial charge in [-0.15, -0.1) is 0 Å². The van der Waals surface area contributed by atoms with E-state index in [9.17, 15) is 18.0 Å². The van der Waals surface area contributed by atoms with Gasteiger partial charge in [-0.1, -0.05) is 6.42 Å². The zero-order valence-electron chi connectivity index (χ0n) is 13.6. The summed E-state index contributed by atoms with van der Waals surface area (Å²) in [5, 5.41) is 2.90. The van der Waals surface area contributed by atoms with E-state index in [0.717, 1.165) is 31.9 Å². The molecule has 0 aliphatic heterocycles. The summed E-state index contributed by atoms with van der Waals surface area (Å²) in [6, 6.07) is -0.102. The predicted molar refractivity (Wildman–Crippen MR) is 84.0 cm³/mol. The van der Waals surface area contributed by atoms with Crippen LogP contribution in [0.25, 0.3) is 0 Å². The van der Waals surface area contributed by atoms with E-state index in [1.165, 1.54) is 0 Å². The van der Waals surface area contributed by atoms with E-state index in [1.54, 1.807) is 19.0 Å². The molecule has 1 N–H and O–H groups in total. The van der Waals surface area contributed by atoms with E-state index < -0.39 is 14.6 Å². The van der Waals surface area contributed by atoms with Crippen molar-refractivity contribution in [1.29, 1.82) is 0 Å². The van der Waals surface area contributed by atoms with Crippen molar-refractivity contribution in [2.24, 2.45) is 5.92 Å². The molecule has 126 valence electrons. The molecule has 6 nitrogen and oxygen atoms in total. The molecule has 2 atom stereocenters. The monoisotopic (exact) mass is 330 g/mol. The van der Waals surface area contributed by atoms with E-state index >= 15 is 0 Å². The predicted octanol–water partition coefficient (Wildman–Crippen LogP) is 0.717. The van der Waals surface area contributed by atoms with Crippen molar-refractivity contribution >= 4 is 21.7 Å². The zero-order valence-corrected chi connectivity index (χ0v) is 14.4. The molecule has 0 radical (unpaired) electrons. The number of hydrogen-bond donors (Lipinski definition) is 1. The Hall–Kier alpha value is -1.11. The topological polar surface area (TPSA) is 83.6 Å². The van der Waals surface area contributed by atoms with Crippen LogP contribution in [0.3, 0.4) is 0 Å². The average molecular weight is 330 g/mol. The molecule has 2 aliphatic carbocycles. The van der Waals surface area contributed by atoms with Crippen LogP contribution in [0.2, 0.25) is 0 Å². The van der Waals surface area contributed by atoms with Gasteiger partial charge in [-0.3, -0.25) is 9.59 Å². The lowest BCUT2D eigenvalue weighted by Gasteiger charge is -2.40. The Bertz CT molecular complexity index is 552. The first kappa shape index (κ1) is 17.2. The molecular formula is C15H26N2O4S. The maximum atomic E-state index is 12.5. The van der Waals surface area contributed by atoms with Crippen LogP contribution < -0.4 is 5.32 Å². The van der Waals surface area contributed by atoms with Crippen LogP contribution in [0.15, 0.2) is 0 Å². The van der Waals surface area contributed by atoms with Gasteiger partial charge < -0.3 is 10.2 Å². The highest BCUT2D eigenvalue weighted by Crippen LogP contribution is 2.39. The molecule has 0 bridgehead atoms. The molecule has 22 heavy (non-hydrogen) atoms. The SMILES string of the molecule is CN(C)C(=O)C1CCCC(NC(=O)C2(S(C)(=O)=O)CCC2)C1. The first-order valence-electron chi connectivity index (χ1n) is 7.89. The van der Waals surface area contributed by atoms with Crippen molar-refractivity contribution in [2.45, 2.75) is 55.7 Å². The van der Waals surface area contributed by atoms with Crippen molar-refractivity contribution in [3.05, 3.63) is 0 Å². The third-order valence-electron chi connectivity index (χ3n) is 5.08. The Morgan fingerprint density at radius 2 is 1.77 bits per heavy atom. The van der Waals surface area contributed by atoms with Crippen molar-refractivity contribution in [2.75, 3.05) is 20.4 Å². The third-order valence-corrected chi connectivity index (χ3v) is 7.10. The quantitative estimate of drug-likeness (QED) is 0.823. The molecule has 7 heteroatoms. The molecule has 0 aromatic rings. The van der Waals surface area contributed by atoms with Crippen molar-refractivity contribution in [3.63, 3.8) is 0 Å². The van der Waals surface area contributed by atoms with Crippen LogP contribution in [0, 0.1) is 5.92 Å². The van der Waals surface area contributed by atoms with E-state index in [4.69, 9.17) is 0 Å². The van der Waals surface area contributed by atoms with Crippen LogP contribution in [-0.4, -0.2) is 56.3 Å². The molecule has 2 aliphatic rings. The summed E-state index contributed by atoms with van der Waals surface area (Å²) in [5.41, 5.74) is 0. The summed E-state index contributed by atoms with van der Waals surface area (Å²) in [7, 11) is 0.0591. The average Bonchev–Trinajstić information content (AvgIpc) is 2.34. The Labute approximate surface area is 132 Å². The van der Waals surface area contributed by atoms with Gasteiger partial charge in [0, 0.05) is 32.3 Å². The minimum Gasteiger partial charge on any atom is -0.352 e. The molecule has 0 aromatic carbocycles. The minimum atomic E-state index is -3.41. The molecular weight excluding hydrogens is 304 g/mol. The second-order valence-corrected chi connectivity index (χ2v) is 9.21. The molecule has 2 unspecified atom stereocenters. The number of carbonyl (C=O) groups is 2. The molecule has 2 saturated carbocycles. The lowest BCUT2D eigenvalue weighted by molar-refractivity contribution is -0.135. The molecule has 2 rings (SSSR count). The standard InChI is InChI=1S/C15H26N2O4S/c1-17(2)13(18)11-6-4-7-12(10-11)16-14(19)15(8-5-9-15)22(3,20)21/h11-12H,4-10H2,1-3H3,(H,16,19). The molecule has 0 heterocycles. The smallest absolute Gasteiger partial charge is 0.241 e. The minimum absolute atomic E-state index is 0.0791. The van der Waals surface area contributed by atoms with Crippen LogP contribution in [0.1, 0.15) is 44.9 Å². The maximum Gasteiger partial charge on any atom is 0.241 e. The normalized spacial score (nSPS) is 27.6. The van der Waals surface area contributed by atoms with E-state index in [2.05, 4.69) is 5.32 Å². The number of amides is 2. The molecule has 2 fully saturated rings. The lowest BCUT2D eigenvalue weighted by Crippen LogP contribution is -2.59. The van der Waals surface area contributed by atoms with Crippen molar-refractivity contribution in [1.82, 2.24) is 10.2 Å². The van der Waals surface area contributed by atoms with Crippen LogP contribution in [0.4, 0.5) is 0 Å². The van der Waals surface area contributed by atoms with Crippen molar-refractivity contribution < 1.29 is 18.0 Å². The Balaban J connectivity index is 2.01. The third kappa shape index (κ3) is 3.14. The summed E-state index contributed by atoms with van der Waals surface area (Å²) in [5.74, 6) is -0.366. The highest BCUT2D eigenvalue weighted by molar-refractivity contribution is 7.93. The van der Waals surface area contributed by atoms with Gasteiger partial charge in [-0.2, -0.15) is 0 Å². The number of sulfone groups is 1. The van der Waals surface area contributed by atoms with Crippen LogP contribution in [-0.2, 0) is 19.4 Å². The number of nitrogens with zero attached hydrogens (tertiary/aromatic N) is 1. The van der Waals surface area contributed by atoms with E-state index in [1.807, 2.05) is 0 Å². The Morgan fingerprint density at radius 3 is 2.23 bits per heavy atom. The van der Waals surface area contributed by atoms with Crippen molar-refractivity contribution in [3.8, 4) is 0 Å². The lowest BCUT2D eigenvalue weighted by atomic mass is 9.81. The fraction of sp³-hybridized carbons (Fsp3) is 0.867. The first-order valence-corrected chi connectivity index (χ1v) is 9.78. The maximum absolute atomic E-state index is 12.5. The Kier molecular flexibility index (Phi) is 4.84. The molecule has 0 aromatic heterocycles. The highest BCUT2D eigenvalue weighted by Gasteiger charge is 2.53. The van der Waals surface area contributed by atoms with Gasteiger partial charge in [0.25, 0.3) is 0 Å². The molecule has 2 amide bonds. The van der Waals surface area contributed by atoms with Gasteiger partial charge in [-0.05, 0) is 38.5 Å². The second kappa shape index (κ2) is 6.18. The van der Waals surface area contributed by atoms with Crippen LogP contribution in [0.5, 0.6) is 0 Å². The van der Waals surface area contributed by atoms with E-state index in [0.29, 0.717) is 19.3 Å². The summed E-state index contributed by atoms with van der Waals surface area (Å²) in [6.45, 7) is 0. The van der Waals surface area contributed by atoms with Gasteiger partial charge in [0.05, 0.1) is 0 Å². The number of hydrogen-bond acceptors (Lipinski definition) is 4. The number of rotatable bonds is 4. The number of nitrogens with one attached hydrogen (secondary N) is 1. The van der Waals surface area contributed by atoms with Gasteiger partial charge in [0.15, 0.2) is 9.84 Å². The Morgan fingerprint density at radius 1 is 1.14 bits per heavy atom. The summed E-state index contributed by atoms with van der Waals surface area (Å²) in [6.07, 6.45) is 5.85. The summed E-state index contributed by atoms with van der Waals surface area (Å²) in [4.78, 5) is 26.1. The highest BCUT2D eigenvalue weighted by atomic mass is 32.2. The number of carbonyl (C=O) groups excluding carboxylic acids is 2. The summed E-state index contributed by atoms with van der Waals surface area (Å²) >= 11 is 0. The fourth-order valence-corrected chi connectivity index (χ4v) is 4.92. The molecule has 0 spiro atoms. The fourth-order valence-electron chi connectivity index (χ4n) is 3.49. The zero-order chi connectivity index (χ0) is 16.5. The van der Waals surface area contributed by atoms with Gasteiger partial charge in [0.1, 0.15) is 4.75 Å². The van der Waals surface area contributed by atoms with E-state index in [-0.39, 0.29) is 23.8 Å². The largest absolute Gasteiger partial charge is 0.352 e. The first-order chi connectivity index (χ1) is 10.2. The summed E-state index contributed by atoms with van der Waals surface area (Å²) < 4.78 is 22.7.